The standard InChI is InChI=1S/C23H25N5O3/c1-4-16-13-25-20(26-16)22(31)27-18-11-10-15(23(2,3)28-21(30)19(24)29)12-17(18)14-8-6-5-7-9-14/h1,8,10-13H,5-7,9H2,2-3H3,(H2,24,29)(H,25,26)(H,27,31)(H,28,30). The molecule has 1 aliphatic carbocycles. The molecule has 5 N–H and O–H groups in total. The molecule has 1 aliphatic rings. The molecule has 0 atom stereocenters. The van der Waals surface area contributed by atoms with Gasteiger partial charge in [-0.2, -0.15) is 0 Å². The molecular formula is C23H25N5O3. The number of carbonyl (C=O) groups is 3. The summed E-state index contributed by atoms with van der Waals surface area (Å²) in [4.78, 5) is 42.5. The van der Waals surface area contributed by atoms with Gasteiger partial charge in [0.15, 0.2) is 5.82 Å². The fourth-order valence-electron chi connectivity index (χ4n) is 3.50. The third-order valence-electron chi connectivity index (χ3n) is 5.22. The highest BCUT2D eigenvalue weighted by Gasteiger charge is 2.27. The number of amides is 3. The van der Waals surface area contributed by atoms with Crippen molar-refractivity contribution in [2.75, 3.05) is 5.32 Å². The maximum Gasteiger partial charge on any atom is 0.309 e. The molecule has 0 unspecified atom stereocenters. The van der Waals surface area contributed by atoms with E-state index in [1.165, 1.54) is 6.20 Å². The third-order valence-corrected chi connectivity index (χ3v) is 5.22. The molecule has 0 bridgehead atoms. The van der Waals surface area contributed by atoms with E-state index in [1.807, 2.05) is 6.07 Å². The number of allylic oxidation sites excluding steroid dienone is 2. The van der Waals surface area contributed by atoms with E-state index >= 15 is 0 Å². The zero-order valence-corrected chi connectivity index (χ0v) is 17.5. The van der Waals surface area contributed by atoms with Crippen LogP contribution >= 0.6 is 0 Å². The van der Waals surface area contributed by atoms with Crippen molar-refractivity contribution in [2.45, 2.75) is 45.1 Å². The van der Waals surface area contributed by atoms with Gasteiger partial charge in [0.25, 0.3) is 5.91 Å². The van der Waals surface area contributed by atoms with Crippen LogP contribution in [0.1, 0.15) is 67.0 Å². The maximum atomic E-state index is 12.7. The molecule has 1 heterocycles. The number of terminal acetylenes is 1. The molecule has 0 saturated carbocycles. The average molecular weight is 419 g/mol. The van der Waals surface area contributed by atoms with Crippen LogP contribution in [0, 0.1) is 12.3 Å². The lowest BCUT2D eigenvalue weighted by Gasteiger charge is -2.28. The van der Waals surface area contributed by atoms with E-state index in [2.05, 4.69) is 32.6 Å². The Morgan fingerprint density at radius 3 is 2.65 bits per heavy atom. The van der Waals surface area contributed by atoms with E-state index in [-0.39, 0.29) is 5.82 Å². The molecule has 0 aliphatic heterocycles. The van der Waals surface area contributed by atoms with Gasteiger partial charge in [-0.1, -0.05) is 18.1 Å². The number of carbonyl (C=O) groups excluding carboxylic acids is 3. The van der Waals surface area contributed by atoms with Gasteiger partial charge in [-0.15, -0.1) is 6.42 Å². The van der Waals surface area contributed by atoms with Crippen LogP contribution in [0.5, 0.6) is 0 Å². The summed E-state index contributed by atoms with van der Waals surface area (Å²) in [6, 6.07) is 5.49. The first-order valence-electron chi connectivity index (χ1n) is 10.00. The highest BCUT2D eigenvalue weighted by molar-refractivity contribution is 6.34. The number of nitrogens with one attached hydrogen (secondary N) is 3. The Morgan fingerprint density at radius 1 is 1.26 bits per heavy atom. The van der Waals surface area contributed by atoms with Crippen LogP contribution in [-0.4, -0.2) is 27.7 Å². The summed E-state index contributed by atoms with van der Waals surface area (Å²) in [5, 5.41) is 5.54. The van der Waals surface area contributed by atoms with Crippen LogP contribution in [0.4, 0.5) is 5.69 Å². The topological polar surface area (TPSA) is 130 Å². The first kappa shape index (κ1) is 21.8. The van der Waals surface area contributed by atoms with Crippen molar-refractivity contribution >= 4 is 29.0 Å². The lowest BCUT2D eigenvalue weighted by Crippen LogP contribution is -2.46. The number of rotatable bonds is 5. The number of benzene rings is 1. The first-order chi connectivity index (χ1) is 14.7. The number of nitrogens with zero attached hydrogens (tertiary/aromatic N) is 1. The Balaban J connectivity index is 1.96. The minimum absolute atomic E-state index is 0.120. The van der Waals surface area contributed by atoms with E-state index in [9.17, 15) is 14.4 Å². The molecular weight excluding hydrogens is 394 g/mol. The van der Waals surface area contributed by atoms with Gasteiger partial charge in [-0.3, -0.25) is 14.4 Å². The van der Waals surface area contributed by atoms with Crippen LogP contribution in [-0.2, 0) is 15.1 Å². The van der Waals surface area contributed by atoms with Gasteiger partial charge in [-0.05, 0) is 62.8 Å². The number of aromatic amines is 1. The quantitative estimate of drug-likeness (QED) is 0.438. The van der Waals surface area contributed by atoms with E-state index in [4.69, 9.17) is 12.2 Å². The SMILES string of the molecule is C#Cc1cnc(C(=O)Nc2ccc(C(C)(C)NC(=O)C(N)=O)cc2C2=CCCCC2)[nH]1. The molecule has 2 aromatic rings. The molecule has 0 radical (unpaired) electrons. The fourth-order valence-corrected chi connectivity index (χ4v) is 3.50. The number of H-pyrrole nitrogens is 1. The maximum absolute atomic E-state index is 12.7. The molecule has 1 aromatic carbocycles. The smallest absolute Gasteiger partial charge is 0.309 e. The molecule has 3 rings (SSSR count). The van der Waals surface area contributed by atoms with E-state index in [0.717, 1.165) is 42.4 Å². The van der Waals surface area contributed by atoms with Crippen molar-refractivity contribution in [2.24, 2.45) is 5.73 Å². The van der Waals surface area contributed by atoms with Crippen molar-refractivity contribution in [3.8, 4) is 12.3 Å². The van der Waals surface area contributed by atoms with Crippen LogP contribution < -0.4 is 16.4 Å². The Labute approximate surface area is 180 Å². The zero-order chi connectivity index (χ0) is 22.6. The molecule has 31 heavy (non-hydrogen) atoms. The van der Waals surface area contributed by atoms with E-state index < -0.39 is 23.3 Å². The summed E-state index contributed by atoms with van der Waals surface area (Å²) in [5.41, 5.74) is 8.03. The first-order valence-corrected chi connectivity index (χ1v) is 10.00. The second-order valence-corrected chi connectivity index (χ2v) is 7.92. The molecule has 0 saturated heterocycles. The van der Waals surface area contributed by atoms with Gasteiger partial charge >= 0.3 is 11.8 Å². The summed E-state index contributed by atoms with van der Waals surface area (Å²) in [6.07, 6.45) is 12.9. The molecule has 0 spiro atoms. The number of hydrogen-bond acceptors (Lipinski definition) is 4. The summed E-state index contributed by atoms with van der Waals surface area (Å²) < 4.78 is 0. The van der Waals surface area contributed by atoms with Gasteiger partial charge < -0.3 is 21.4 Å². The lowest BCUT2D eigenvalue weighted by molar-refractivity contribution is -0.138. The second-order valence-electron chi connectivity index (χ2n) is 7.92. The number of nitrogens with two attached hydrogens (primary N) is 1. The number of hydrogen-bond donors (Lipinski definition) is 4. The fraction of sp³-hybridized carbons (Fsp3) is 0.304. The van der Waals surface area contributed by atoms with Gasteiger partial charge in [0.05, 0.1) is 11.7 Å². The van der Waals surface area contributed by atoms with Gasteiger partial charge in [0, 0.05) is 11.3 Å². The largest absolute Gasteiger partial charge is 0.361 e. The minimum atomic E-state index is -1.04. The summed E-state index contributed by atoms with van der Waals surface area (Å²) in [6.45, 7) is 3.56. The average Bonchev–Trinajstić information content (AvgIpc) is 3.23. The summed E-state index contributed by atoms with van der Waals surface area (Å²) in [7, 11) is 0. The molecule has 0 fully saturated rings. The Hall–Kier alpha value is -3.86. The normalized spacial score (nSPS) is 13.6. The Morgan fingerprint density at radius 2 is 2.03 bits per heavy atom. The second kappa shape index (κ2) is 8.88. The van der Waals surface area contributed by atoms with E-state index in [1.54, 1.807) is 26.0 Å². The Bertz CT molecular complexity index is 1100. The number of imidazole rings is 1. The van der Waals surface area contributed by atoms with Crippen LogP contribution in [0.15, 0.2) is 30.5 Å². The van der Waals surface area contributed by atoms with Crippen molar-refractivity contribution in [1.82, 2.24) is 15.3 Å². The number of aromatic nitrogens is 2. The molecule has 3 amide bonds. The van der Waals surface area contributed by atoms with Gasteiger partial charge in [0.1, 0.15) is 5.69 Å². The van der Waals surface area contributed by atoms with Gasteiger partial charge in [0.2, 0.25) is 0 Å². The highest BCUT2D eigenvalue weighted by Crippen LogP contribution is 2.35. The molecule has 8 nitrogen and oxygen atoms in total. The Kier molecular flexibility index (Phi) is 6.25. The molecule has 8 heteroatoms. The number of primary amides is 1. The van der Waals surface area contributed by atoms with Crippen molar-refractivity contribution in [3.63, 3.8) is 0 Å². The molecule has 160 valence electrons. The van der Waals surface area contributed by atoms with Crippen LogP contribution in [0.2, 0.25) is 0 Å². The van der Waals surface area contributed by atoms with E-state index in [0.29, 0.717) is 11.4 Å². The monoisotopic (exact) mass is 419 g/mol. The summed E-state index contributed by atoms with van der Waals surface area (Å²) >= 11 is 0. The highest BCUT2D eigenvalue weighted by atomic mass is 16.2. The summed E-state index contributed by atoms with van der Waals surface area (Å²) in [5.74, 6) is 0.210. The molecule has 1 aromatic heterocycles. The lowest BCUT2D eigenvalue weighted by atomic mass is 9.87. The predicted octanol–water partition coefficient (Wildman–Crippen LogP) is 2.44. The van der Waals surface area contributed by atoms with Crippen molar-refractivity contribution in [1.29, 1.82) is 0 Å². The third kappa shape index (κ3) is 5.01. The predicted molar refractivity (Wildman–Crippen MR) is 118 cm³/mol. The van der Waals surface area contributed by atoms with Gasteiger partial charge in [-0.25, -0.2) is 4.98 Å². The minimum Gasteiger partial charge on any atom is -0.361 e. The number of anilines is 1. The zero-order valence-electron chi connectivity index (χ0n) is 17.5. The van der Waals surface area contributed by atoms with Crippen LogP contribution in [0.25, 0.3) is 5.57 Å². The van der Waals surface area contributed by atoms with Crippen molar-refractivity contribution in [3.05, 3.63) is 53.1 Å². The van der Waals surface area contributed by atoms with Crippen LogP contribution in [0.3, 0.4) is 0 Å². The van der Waals surface area contributed by atoms with Crippen molar-refractivity contribution < 1.29 is 14.4 Å².